The smallest absolute Gasteiger partial charge is 0.164 e. The van der Waals surface area contributed by atoms with Crippen molar-refractivity contribution in [1.82, 2.24) is 19.9 Å². The Hall–Kier alpha value is -1.75. The van der Waals surface area contributed by atoms with E-state index in [0.29, 0.717) is 11.5 Å². The molecule has 0 saturated heterocycles. The Kier molecular flexibility index (Phi) is 2.00. The molecule has 0 fully saturated rings. The first-order valence-corrected chi connectivity index (χ1v) is 5.31. The molecule has 82 valence electrons. The van der Waals surface area contributed by atoms with Crippen LogP contribution in [0, 0.1) is 0 Å². The summed E-state index contributed by atoms with van der Waals surface area (Å²) in [6.45, 7) is 1.97. The molecule has 0 spiro atoms. The fraction of sp³-hybridized carbons (Fsp3) is 0.364. The highest BCUT2D eigenvalue weighted by Gasteiger charge is 2.16. The van der Waals surface area contributed by atoms with E-state index in [0.717, 1.165) is 30.6 Å². The Balaban J connectivity index is 2.24. The third-order valence-electron chi connectivity index (χ3n) is 2.99. The number of aromatic nitrogens is 3. The number of rotatable bonds is 0. The Labute approximate surface area is 93.3 Å². The van der Waals surface area contributed by atoms with E-state index in [2.05, 4.69) is 33.0 Å². The molecule has 0 atom stereocenters. The first-order chi connectivity index (χ1) is 7.74. The second-order valence-corrected chi connectivity index (χ2v) is 4.21. The average molecular weight is 215 g/mol. The predicted octanol–water partition coefficient (Wildman–Crippen LogP) is 0.595. The zero-order chi connectivity index (χ0) is 11.1. The highest BCUT2D eigenvalue weighted by atomic mass is 15.1. The third-order valence-corrected chi connectivity index (χ3v) is 2.99. The SMILES string of the molecule is CN1CCc2nc3ncnc(N)c3cc2C1. The van der Waals surface area contributed by atoms with E-state index in [4.69, 9.17) is 5.73 Å². The number of hydrogen-bond donors (Lipinski definition) is 1. The van der Waals surface area contributed by atoms with Crippen LogP contribution in [0.15, 0.2) is 12.4 Å². The number of fused-ring (bicyclic) bond motifs is 2. The normalized spacial score (nSPS) is 16.3. The molecule has 5 nitrogen and oxygen atoms in total. The lowest BCUT2D eigenvalue weighted by Gasteiger charge is -2.24. The number of hydrogen-bond acceptors (Lipinski definition) is 5. The molecule has 0 amide bonds. The van der Waals surface area contributed by atoms with Gasteiger partial charge in [-0.05, 0) is 18.7 Å². The van der Waals surface area contributed by atoms with Gasteiger partial charge in [0.05, 0.1) is 5.39 Å². The minimum Gasteiger partial charge on any atom is -0.383 e. The molecule has 2 aromatic rings. The summed E-state index contributed by atoms with van der Waals surface area (Å²) >= 11 is 0. The van der Waals surface area contributed by atoms with Crippen molar-refractivity contribution in [3.8, 4) is 0 Å². The van der Waals surface area contributed by atoms with Crippen molar-refractivity contribution >= 4 is 16.9 Å². The summed E-state index contributed by atoms with van der Waals surface area (Å²) in [4.78, 5) is 15.0. The second-order valence-electron chi connectivity index (χ2n) is 4.21. The summed E-state index contributed by atoms with van der Waals surface area (Å²) < 4.78 is 0. The lowest BCUT2D eigenvalue weighted by Crippen LogP contribution is -2.27. The lowest BCUT2D eigenvalue weighted by atomic mass is 10.0. The van der Waals surface area contributed by atoms with Gasteiger partial charge in [0.25, 0.3) is 0 Å². The molecule has 0 saturated carbocycles. The molecule has 2 aromatic heterocycles. The molecule has 1 aliphatic heterocycles. The first kappa shape index (κ1) is 9.47. The van der Waals surface area contributed by atoms with Crippen LogP contribution in [0.2, 0.25) is 0 Å². The van der Waals surface area contributed by atoms with Crippen molar-refractivity contribution in [3.05, 3.63) is 23.7 Å². The Morgan fingerprint density at radius 1 is 1.38 bits per heavy atom. The Morgan fingerprint density at radius 2 is 2.25 bits per heavy atom. The monoisotopic (exact) mass is 215 g/mol. The maximum Gasteiger partial charge on any atom is 0.164 e. The molecule has 1 aliphatic rings. The van der Waals surface area contributed by atoms with Crippen LogP contribution in [0.1, 0.15) is 11.3 Å². The van der Waals surface area contributed by atoms with E-state index in [1.807, 2.05) is 0 Å². The van der Waals surface area contributed by atoms with Crippen molar-refractivity contribution in [2.75, 3.05) is 19.3 Å². The van der Waals surface area contributed by atoms with Crippen LogP contribution < -0.4 is 5.73 Å². The van der Waals surface area contributed by atoms with Gasteiger partial charge in [-0.15, -0.1) is 0 Å². The van der Waals surface area contributed by atoms with Gasteiger partial charge in [-0.1, -0.05) is 0 Å². The molecular weight excluding hydrogens is 202 g/mol. The molecule has 0 aromatic carbocycles. The number of pyridine rings is 1. The van der Waals surface area contributed by atoms with Gasteiger partial charge < -0.3 is 10.6 Å². The largest absolute Gasteiger partial charge is 0.383 e. The molecule has 0 bridgehead atoms. The highest BCUT2D eigenvalue weighted by Crippen LogP contribution is 2.22. The maximum atomic E-state index is 5.82. The molecule has 2 N–H and O–H groups in total. The third kappa shape index (κ3) is 1.40. The van der Waals surface area contributed by atoms with Gasteiger partial charge >= 0.3 is 0 Å². The van der Waals surface area contributed by atoms with Gasteiger partial charge in [-0.25, -0.2) is 15.0 Å². The van der Waals surface area contributed by atoms with Crippen molar-refractivity contribution < 1.29 is 0 Å². The van der Waals surface area contributed by atoms with Crippen LogP contribution in [0.5, 0.6) is 0 Å². The summed E-state index contributed by atoms with van der Waals surface area (Å²) in [7, 11) is 2.11. The summed E-state index contributed by atoms with van der Waals surface area (Å²) in [5, 5.41) is 0.858. The number of likely N-dealkylation sites (N-methyl/N-ethyl adjacent to an activating group) is 1. The van der Waals surface area contributed by atoms with Gasteiger partial charge in [0, 0.05) is 25.2 Å². The minimum absolute atomic E-state index is 0.508. The van der Waals surface area contributed by atoms with Crippen LogP contribution in [0.4, 0.5) is 5.82 Å². The van der Waals surface area contributed by atoms with Crippen LogP contribution in [-0.2, 0) is 13.0 Å². The van der Waals surface area contributed by atoms with Crippen LogP contribution in [0.3, 0.4) is 0 Å². The molecular formula is C11H13N5. The fourth-order valence-electron chi connectivity index (χ4n) is 2.10. The van der Waals surface area contributed by atoms with Gasteiger partial charge in [-0.3, -0.25) is 0 Å². The average Bonchev–Trinajstić information content (AvgIpc) is 2.28. The second kappa shape index (κ2) is 3.38. The number of nitrogens with zero attached hydrogens (tertiary/aromatic N) is 4. The number of anilines is 1. The number of nitrogen functional groups attached to an aromatic ring is 1. The van der Waals surface area contributed by atoms with Crippen molar-refractivity contribution in [1.29, 1.82) is 0 Å². The molecule has 5 heteroatoms. The van der Waals surface area contributed by atoms with Crippen LogP contribution >= 0.6 is 0 Å². The predicted molar refractivity (Wildman–Crippen MR) is 61.8 cm³/mol. The van der Waals surface area contributed by atoms with E-state index < -0.39 is 0 Å². The molecule has 16 heavy (non-hydrogen) atoms. The molecule has 0 aliphatic carbocycles. The van der Waals surface area contributed by atoms with E-state index in [9.17, 15) is 0 Å². The summed E-state index contributed by atoms with van der Waals surface area (Å²) in [6.07, 6.45) is 2.44. The summed E-state index contributed by atoms with van der Waals surface area (Å²) in [6, 6.07) is 2.07. The van der Waals surface area contributed by atoms with Gasteiger partial charge in [-0.2, -0.15) is 0 Å². The van der Waals surface area contributed by atoms with E-state index in [1.54, 1.807) is 0 Å². The minimum atomic E-state index is 0.508. The quantitative estimate of drug-likeness (QED) is 0.696. The van der Waals surface area contributed by atoms with E-state index in [1.165, 1.54) is 11.9 Å². The summed E-state index contributed by atoms with van der Waals surface area (Å²) in [5.74, 6) is 0.508. The van der Waals surface area contributed by atoms with Crippen molar-refractivity contribution in [3.63, 3.8) is 0 Å². The molecule has 3 heterocycles. The standard InChI is InChI=1S/C11H13N5/c1-16-3-2-9-7(5-16)4-8-10(12)13-6-14-11(8)15-9/h4,6H,2-3,5H2,1H3,(H2,12,13,14,15). The molecule has 3 rings (SSSR count). The lowest BCUT2D eigenvalue weighted by molar-refractivity contribution is 0.310. The zero-order valence-corrected chi connectivity index (χ0v) is 9.14. The molecule has 0 unspecified atom stereocenters. The van der Waals surface area contributed by atoms with Gasteiger partial charge in [0.15, 0.2) is 5.65 Å². The van der Waals surface area contributed by atoms with Crippen LogP contribution in [-0.4, -0.2) is 33.4 Å². The first-order valence-electron chi connectivity index (χ1n) is 5.31. The number of nitrogens with two attached hydrogens (primary N) is 1. The van der Waals surface area contributed by atoms with Crippen molar-refractivity contribution in [2.45, 2.75) is 13.0 Å². The highest BCUT2D eigenvalue weighted by molar-refractivity contribution is 5.85. The van der Waals surface area contributed by atoms with E-state index >= 15 is 0 Å². The zero-order valence-electron chi connectivity index (χ0n) is 9.14. The van der Waals surface area contributed by atoms with Gasteiger partial charge in [0.2, 0.25) is 0 Å². The molecule has 0 radical (unpaired) electrons. The van der Waals surface area contributed by atoms with Crippen molar-refractivity contribution in [2.24, 2.45) is 0 Å². The fourth-order valence-corrected chi connectivity index (χ4v) is 2.10. The van der Waals surface area contributed by atoms with Gasteiger partial charge in [0.1, 0.15) is 12.1 Å². The van der Waals surface area contributed by atoms with Crippen LogP contribution in [0.25, 0.3) is 11.0 Å². The van der Waals surface area contributed by atoms with E-state index in [-0.39, 0.29) is 0 Å². The Bertz CT molecular complexity index is 551. The summed E-state index contributed by atoms with van der Waals surface area (Å²) in [5.41, 5.74) is 8.90. The Morgan fingerprint density at radius 3 is 3.12 bits per heavy atom. The maximum absolute atomic E-state index is 5.82. The topological polar surface area (TPSA) is 67.9 Å².